The van der Waals surface area contributed by atoms with Gasteiger partial charge in [0.1, 0.15) is 0 Å². The number of carbonyl (C=O) groups is 2. The fraction of sp³-hybridized carbons (Fsp3) is 0. The molecular weight excluding hydrogens is 163 g/mol. The second-order valence-corrected chi connectivity index (χ2v) is 1.47. The van der Waals surface area contributed by atoms with Crippen LogP contribution in [0.5, 0.6) is 0 Å². The molecule has 1 rings (SSSR count). The number of hydrogen-bond acceptors (Lipinski definition) is 2. The molecule has 1 aliphatic carbocycles. The first-order chi connectivity index (χ1) is 3.79. The van der Waals surface area contributed by atoms with Crippen molar-refractivity contribution in [2.24, 2.45) is 0 Å². The summed E-state index contributed by atoms with van der Waals surface area (Å²) in [4.78, 5) is 20.6. The van der Waals surface area contributed by atoms with Crippen LogP contribution in [0.3, 0.4) is 0 Å². The third-order valence-electron chi connectivity index (χ3n) is 0.824. The fourth-order valence-electron chi connectivity index (χ4n) is 0.440. The van der Waals surface area contributed by atoms with Crippen LogP contribution in [0.1, 0.15) is 0 Å². The van der Waals surface area contributed by atoms with E-state index in [4.69, 9.17) is 0 Å². The van der Waals surface area contributed by atoms with Crippen molar-refractivity contribution in [3.05, 3.63) is 24.3 Å². The topological polar surface area (TPSA) is 34.1 Å². The molecule has 9 heavy (non-hydrogen) atoms. The molecule has 0 atom stereocenters. The predicted molar refractivity (Wildman–Crippen MR) is 28.3 cm³/mol. The van der Waals surface area contributed by atoms with Crippen LogP contribution in [-0.4, -0.2) is 11.6 Å². The zero-order valence-electron chi connectivity index (χ0n) is 4.46. The molecule has 0 N–H and O–H groups in total. The van der Waals surface area contributed by atoms with Crippen molar-refractivity contribution in [3.8, 4) is 0 Å². The average molecular weight is 167 g/mol. The maximum atomic E-state index is 10.3. The summed E-state index contributed by atoms with van der Waals surface area (Å²) in [7, 11) is 0. The Labute approximate surface area is 62.8 Å². The molecule has 0 fully saturated rings. The monoisotopic (exact) mass is 167 g/mol. The molecule has 0 heterocycles. The van der Waals surface area contributed by atoms with Crippen LogP contribution in [0.4, 0.5) is 0 Å². The SMILES string of the molecule is O=C1C=CC(=O)C=C1.[Co]. The first kappa shape index (κ1) is 8.33. The number of allylic oxidation sites excluding steroid dienone is 4. The van der Waals surface area contributed by atoms with E-state index in [1.54, 1.807) is 0 Å². The van der Waals surface area contributed by atoms with Gasteiger partial charge in [0.05, 0.1) is 0 Å². The van der Waals surface area contributed by atoms with Crippen LogP contribution >= 0.6 is 0 Å². The Bertz CT molecular complexity index is 153. The summed E-state index contributed by atoms with van der Waals surface area (Å²) in [6.45, 7) is 0. The van der Waals surface area contributed by atoms with Gasteiger partial charge < -0.3 is 0 Å². The third-order valence-corrected chi connectivity index (χ3v) is 0.824. The molecule has 49 valence electrons. The summed E-state index contributed by atoms with van der Waals surface area (Å²) in [6, 6.07) is 0. The average Bonchev–Trinajstić information content (AvgIpc) is 1.77. The molecule has 0 aromatic rings. The van der Waals surface area contributed by atoms with Crippen molar-refractivity contribution >= 4 is 11.6 Å². The molecule has 0 amide bonds. The van der Waals surface area contributed by atoms with E-state index in [-0.39, 0.29) is 28.3 Å². The maximum absolute atomic E-state index is 10.3. The van der Waals surface area contributed by atoms with E-state index in [1.165, 1.54) is 24.3 Å². The molecule has 0 saturated heterocycles. The van der Waals surface area contributed by atoms with Gasteiger partial charge >= 0.3 is 0 Å². The van der Waals surface area contributed by atoms with Gasteiger partial charge in [0.25, 0.3) is 0 Å². The van der Waals surface area contributed by atoms with Gasteiger partial charge in [-0.25, -0.2) is 0 Å². The van der Waals surface area contributed by atoms with Crippen molar-refractivity contribution in [2.75, 3.05) is 0 Å². The van der Waals surface area contributed by atoms with Gasteiger partial charge in [0.2, 0.25) is 0 Å². The molecule has 3 heteroatoms. The standard InChI is InChI=1S/C6H4O2.Co/c7-5-1-2-6(8)4-3-5;/h1-4H;. The molecule has 0 aromatic heterocycles. The minimum Gasteiger partial charge on any atom is -0.290 e. The molecule has 0 saturated carbocycles. The number of ketones is 2. The first-order valence-corrected chi connectivity index (χ1v) is 2.23. The fourth-order valence-corrected chi connectivity index (χ4v) is 0.440. The van der Waals surface area contributed by atoms with Crippen LogP contribution < -0.4 is 0 Å². The molecule has 0 spiro atoms. The maximum Gasteiger partial charge on any atom is 0.178 e. The Hall–Kier alpha value is -0.674. The van der Waals surface area contributed by atoms with Crippen LogP contribution in [0, 0.1) is 0 Å². The van der Waals surface area contributed by atoms with E-state index < -0.39 is 0 Å². The zero-order chi connectivity index (χ0) is 5.98. The number of rotatable bonds is 0. The van der Waals surface area contributed by atoms with Crippen molar-refractivity contribution in [2.45, 2.75) is 0 Å². The van der Waals surface area contributed by atoms with Gasteiger partial charge in [-0.3, -0.25) is 9.59 Å². The van der Waals surface area contributed by atoms with Crippen LogP contribution in [0.2, 0.25) is 0 Å². The van der Waals surface area contributed by atoms with Gasteiger partial charge in [0, 0.05) is 16.8 Å². The molecule has 2 nitrogen and oxygen atoms in total. The number of hydrogen-bond donors (Lipinski definition) is 0. The van der Waals surface area contributed by atoms with E-state index in [0.717, 1.165) is 0 Å². The van der Waals surface area contributed by atoms with Crippen molar-refractivity contribution in [1.82, 2.24) is 0 Å². The van der Waals surface area contributed by atoms with E-state index >= 15 is 0 Å². The largest absolute Gasteiger partial charge is 0.290 e. The molecule has 0 aliphatic heterocycles. The summed E-state index contributed by atoms with van der Waals surface area (Å²) in [5.74, 6) is -0.241. The van der Waals surface area contributed by atoms with Crippen LogP contribution in [-0.2, 0) is 26.4 Å². The van der Waals surface area contributed by atoms with Gasteiger partial charge in [-0.05, 0) is 24.3 Å². The Morgan fingerprint density at radius 2 is 1.00 bits per heavy atom. The summed E-state index contributed by atoms with van der Waals surface area (Å²) in [5, 5.41) is 0. The summed E-state index contributed by atoms with van der Waals surface area (Å²) >= 11 is 0. The summed E-state index contributed by atoms with van der Waals surface area (Å²) in [5.41, 5.74) is 0. The Morgan fingerprint density at radius 3 is 1.22 bits per heavy atom. The van der Waals surface area contributed by atoms with Gasteiger partial charge in [-0.1, -0.05) is 0 Å². The van der Waals surface area contributed by atoms with Crippen LogP contribution in [0.25, 0.3) is 0 Å². The van der Waals surface area contributed by atoms with Crippen molar-refractivity contribution < 1.29 is 26.4 Å². The molecule has 0 aromatic carbocycles. The summed E-state index contributed by atoms with van der Waals surface area (Å²) in [6.07, 6.45) is 5.01. The van der Waals surface area contributed by atoms with E-state index in [9.17, 15) is 9.59 Å². The molecule has 1 radical (unpaired) electrons. The van der Waals surface area contributed by atoms with E-state index in [2.05, 4.69) is 0 Å². The smallest absolute Gasteiger partial charge is 0.178 e. The molecule has 1 aliphatic rings. The molecular formula is C6H4CoO2. The Kier molecular flexibility index (Phi) is 3.12. The number of carbonyl (C=O) groups excluding carboxylic acids is 2. The molecule has 0 unspecified atom stereocenters. The van der Waals surface area contributed by atoms with Crippen molar-refractivity contribution in [3.63, 3.8) is 0 Å². The van der Waals surface area contributed by atoms with Gasteiger partial charge in [0.15, 0.2) is 11.6 Å². The minimum atomic E-state index is -0.121. The second-order valence-electron chi connectivity index (χ2n) is 1.47. The second kappa shape index (κ2) is 3.37. The Morgan fingerprint density at radius 1 is 0.778 bits per heavy atom. The van der Waals surface area contributed by atoms with E-state index in [1.807, 2.05) is 0 Å². The minimum absolute atomic E-state index is 0. The Balaban J connectivity index is 0.000000640. The van der Waals surface area contributed by atoms with Crippen molar-refractivity contribution in [1.29, 1.82) is 0 Å². The first-order valence-electron chi connectivity index (χ1n) is 2.23. The van der Waals surface area contributed by atoms with Gasteiger partial charge in [-0.15, -0.1) is 0 Å². The summed E-state index contributed by atoms with van der Waals surface area (Å²) < 4.78 is 0. The third kappa shape index (κ3) is 2.39. The molecule has 0 bridgehead atoms. The predicted octanol–water partition coefficient (Wildman–Crippen LogP) is 0.248. The van der Waals surface area contributed by atoms with E-state index in [0.29, 0.717) is 0 Å². The quantitative estimate of drug-likeness (QED) is 0.484. The zero-order valence-corrected chi connectivity index (χ0v) is 5.50. The van der Waals surface area contributed by atoms with Gasteiger partial charge in [-0.2, -0.15) is 0 Å². The van der Waals surface area contributed by atoms with Crippen LogP contribution in [0.15, 0.2) is 24.3 Å². The normalized spacial score (nSPS) is 15.6.